The number of carbonyl (C=O) groups excluding carboxylic acids is 3. The summed E-state index contributed by atoms with van der Waals surface area (Å²) in [7, 11) is 0. The number of aliphatic hydroxyl groups excluding tert-OH is 1. The van der Waals surface area contributed by atoms with Gasteiger partial charge in [-0.15, -0.1) is 24.9 Å². The predicted molar refractivity (Wildman–Crippen MR) is 209 cm³/mol. The van der Waals surface area contributed by atoms with Gasteiger partial charge in [-0.3, -0.25) is 14.4 Å². The topological polar surface area (TPSA) is 90.4 Å². The van der Waals surface area contributed by atoms with E-state index in [2.05, 4.69) is 20.1 Å². The van der Waals surface area contributed by atoms with Crippen LogP contribution in [-0.2, 0) is 14.4 Å². The van der Waals surface area contributed by atoms with Crippen LogP contribution in [-0.4, -0.2) is 69.6 Å². The Morgan fingerprint density at radius 2 is 1.54 bits per heavy atom. The highest BCUT2D eigenvalue weighted by Gasteiger charge is 2.78. The summed E-state index contributed by atoms with van der Waals surface area (Å²) < 4.78 is 4.15. The lowest BCUT2D eigenvalue weighted by Crippen LogP contribution is -2.56. The molecule has 3 aliphatic rings. The fourth-order valence-corrected chi connectivity index (χ4v) is 11.2. The van der Waals surface area contributed by atoms with Gasteiger partial charge in [-0.1, -0.05) is 72.8 Å². The van der Waals surface area contributed by atoms with E-state index in [0.717, 1.165) is 16.3 Å². The van der Waals surface area contributed by atoms with E-state index >= 15 is 14.4 Å². The number of likely N-dealkylation sites (tertiary alicyclic amines) is 1. The zero-order chi connectivity index (χ0) is 36.6. The van der Waals surface area contributed by atoms with Gasteiger partial charge in [-0.25, -0.2) is 0 Å². The number of fused-ring (bicyclic) bond motifs is 2. The molecule has 0 aliphatic carbocycles. The molecule has 52 heavy (non-hydrogen) atoms. The molecule has 4 aromatic carbocycles. The summed E-state index contributed by atoms with van der Waals surface area (Å²) in [4.78, 5) is 50.7. The molecule has 1 N–H and O–H groups in total. The average molecular weight is 716 g/mol. The molecule has 7 rings (SSSR count). The van der Waals surface area contributed by atoms with Crippen molar-refractivity contribution in [2.45, 2.75) is 48.3 Å². The van der Waals surface area contributed by atoms with Crippen molar-refractivity contribution in [2.24, 2.45) is 11.8 Å². The zero-order valence-electron chi connectivity index (χ0n) is 29.7. The molecule has 268 valence electrons. The lowest BCUT2D eigenvalue weighted by molar-refractivity contribution is -0.142. The smallest absolute Gasteiger partial charge is 0.251 e. The second kappa shape index (κ2) is 14.3. The molecule has 1 spiro atoms. The highest BCUT2D eigenvalue weighted by atomic mass is 32.2. The van der Waals surface area contributed by atoms with E-state index in [4.69, 9.17) is 4.74 Å². The quantitative estimate of drug-likeness (QED) is 0.148. The number of thioether (sulfide) groups is 1. The summed E-state index contributed by atoms with van der Waals surface area (Å²) in [5, 5.41) is 13.1. The molecule has 9 heteroatoms. The van der Waals surface area contributed by atoms with E-state index in [0.29, 0.717) is 36.6 Å². The van der Waals surface area contributed by atoms with Crippen LogP contribution in [0.1, 0.15) is 38.3 Å². The highest BCUT2D eigenvalue weighted by molar-refractivity contribution is 8.02. The van der Waals surface area contributed by atoms with Crippen molar-refractivity contribution in [2.75, 3.05) is 36.1 Å². The Balaban J connectivity index is 1.35. The minimum Gasteiger partial charge on any atom is -0.494 e. The van der Waals surface area contributed by atoms with E-state index < -0.39 is 33.4 Å². The molecule has 0 radical (unpaired) electrons. The van der Waals surface area contributed by atoms with Gasteiger partial charge in [-0.05, 0) is 79.4 Å². The number of benzene rings is 4. The molecule has 2 bridgehead atoms. The average Bonchev–Trinajstić information content (AvgIpc) is 3.74. The molecule has 2 unspecified atom stereocenters. The van der Waals surface area contributed by atoms with Crippen molar-refractivity contribution in [1.82, 2.24) is 4.90 Å². The predicted octanol–water partition coefficient (Wildman–Crippen LogP) is 7.19. The monoisotopic (exact) mass is 715 g/mol. The molecule has 4 aromatic rings. The van der Waals surface area contributed by atoms with Crippen LogP contribution in [0.25, 0.3) is 10.8 Å². The van der Waals surface area contributed by atoms with Crippen LogP contribution in [0.3, 0.4) is 0 Å². The molecule has 3 aliphatic heterocycles. The van der Waals surface area contributed by atoms with Crippen LogP contribution < -0.4 is 14.5 Å². The summed E-state index contributed by atoms with van der Waals surface area (Å²) in [5.41, 5.74) is 2.10. The second-order valence-electron chi connectivity index (χ2n) is 14.0. The number of hydrogen-bond acceptors (Lipinski definition) is 6. The zero-order valence-corrected chi connectivity index (χ0v) is 30.5. The largest absolute Gasteiger partial charge is 0.494 e. The summed E-state index contributed by atoms with van der Waals surface area (Å²) in [5.74, 6) is -1.50. The number of carbonyl (C=O) groups is 3. The SMILES string of the molecule is C=CCN(C(=O)C1N([C@H](CO)c2ccccc2)C(=O)[C@@H]2[C@@H](C(=O)N(CC=C)c3ccc(OCC)cc3)[C@@]3(C)CCC12S3)c1ccc2ccccc2c1. The van der Waals surface area contributed by atoms with Crippen molar-refractivity contribution >= 4 is 51.6 Å². The Kier molecular flexibility index (Phi) is 9.76. The molecule has 0 aromatic heterocycles. The first-order valence-corrected chi connectivity index (χ1v) is 18.8. The standard InChI is InChI=1S/C43H45N3O5S/c1-5-25-44(32-19-21-34(22-20-32)51-7-3)39(48)36-37-40(49)46(35(28-47)30-14-9-8-10-15-30)38(43(37)24-23-42(36,4)52-43)41(50)45(26-6-2)33-18-17-29-13-11-12-16-31(29)27-33/h5-6,8-22,27,35-38,47H,1-2,7,23-26,28H2,3-4H3/t35-,36+,37+,38?,42-,43?/m1/s1. The number of ether oxygens (including phenoxy) is 1. The molecular weight excluding hydrogens is 671 g/mol. The van der Waals surface area contributed by atoms with E-state index in [1.165, 1.54) is 0 Å². The van der Waals surface area contributed by atoms with E-state index in [1.807, 2.05) is 104 Å². The minimum atomic E-state index is -0.947. The fourth-order valence-electron chi connectivity index (χ4n) is 8.84. The lowest BCUT2D eigenvalue weighted by Gasteiger charge is -2.39. The number of hydrogen-bond donors (Lipinski definition) is 1. The number of anilines is 2. The van der Waals surface area contributed by atoms with Gasteiger partial charge in [0, 0.05) is 29.2 Å². The fraction of sp³-hybridized carbons (Fsp3) is 0.326. The van der Waals surface area contributed by atoms with Gasteiger partial charge in [0.1, 0.15) is 11.8 Å². The maximum Gasteiger partial charge on any atom is 0.251 e. The van der Waals surface area contributed by atoms with E-state index in [1.54, 1.807) is 38.6 Å². The summed E-state index contributed by atoms with van der Waals surface area (Å²) in [6, 6.07) is 28.9. The van der Waals surface area contributed by atoms with Crippen molar-refractivity contribution in [3.63, 3.8) is 0 Å². The molecule has 6 atom stereocenters. The maximum atomic E-state index is 15.4. The normalized spacial score (nSPS) is 25.1. The van der Waals surface area contributed by atoms with Crippen LogP contribution >= 0.6 is 11.8 Å². The van der Waals surface area contributed by atoms with Crippen LogP contribution in [0.15, 0.2) is 122 Å². The number of amides is 3. The molecular formula is C43H45N3O5S. The highest BCUT2D eigenvalue weighted by Crippen LogP contribution is 2.72. The Morgan fingerprint density at radius 3 is 2.19 bits per heavy atom. The Hall–Kier alpha value is -4.86. The van der Waals surface area contributed by atoms with Gasteiger partial charge in [0.2, 0.25) is 11.8 Å². The van der Waals surface area contributed by atoms with Crippen LogP contribution in [0.2, 0.25) is 0 Å². The number of nitrogens with zero attached hydrogens (tertiary/aromatic N) is 3. The van der Waals surface area contributed by atoms with Crippen LogP contribution in [0.4, 0.5) is 11.4 Å². The van der Waals surface area contributed by atoms with Crippen LogP contribution in [0, 0.1) is 11.8 Å². The van der Waals surface area contributed by atoms with Crippen molar-refractivity contribution in [3.05, 3.63) is 128 Å². The van der Waals surface area contributed by atoms with E-state index in [9.17, 15) is 5.11 Å². The lowest BCUT2D eigenvalue weighted by atomic mass is 9.66. The first-order chi connectivity index (χ1) is 25.2. The van der Waals surface area contributed by atoms with Gasteiger partial charge in [0.25, 0.3) is 5.91 Å². The van der Waals surface area contributed by atoms with Crippen LogP contribution in [0.5, 0.6) is 5.75 Å². The second-order valence-corrected chi connectivity index (χ2v) is 15.9. The maximum absolute atomic E-state index is 15.4. The van der Waals surface area contributed by atoms with Gasteiger partial charge < -0.3 is 24.5 Å². The third-order valence-electron chi connectivity index (χ3n) is 11.1. The Labute approximate surface area is 309 Å². The number of aliphatic hydroxyl groups is 1. The summed E-state index contributed by atoms with van der Waals surface area (Å²) >= 11 is 1.62. The molecule has 3 amide bonds. The number of rotatable bonds is 13. The molecule has 0 saturated carbocycles. The summed E-state index contributed by atoms with van der Waals surface area (Å²) in [6.07, 6.45) is 4.63. The van der Waals surface area contributed by atoms with E-state index in [-0.39, 0.29) is 37.4 Å². The summed E-state index contributed by atoms with van der Waals surface area (Å²) in [6.45, 7) is 12.5. The first-order valence-electron chi connectivity index (χ1n) is 18.0. The third kappa shape index (κ3) is 5.80. The van der Waals surface area contributed by atoms with Gasteiger partial charge in [-0.2, -0.15) is 0 Å². The third-order valence-corrected chi connectivity index (χ3v) is 13.1. The Morgan fingerprint density at radius 1 is 0.904 bits per heavy atom. The molecule has 3 fully saturated rings. The molecule has 3 saturated heterocycles. The Bertz CT molecular complexity index is 2000. The minimum absolute atomic E-state index is 0.176. The van der Waals surface area contributed by atoms with Gasteiger partial charge in [0.15, 0.2) is 0 Å². The van der Waals surface area contributed by atoms with Gasteiger partial charge >= 0.3 is 0 Å². The molecule has 8 nitrogen and oxygen atoms in total. The first kappa shape index (κ1) is 35.5. The van der Waals surface area contributed by atoms with Crippen molar-refractivity contribution in [1.29, 1.82) is 0 Å². The van der Waals surface area contributed by atoms with Gasteiger partial charge in [0.05, 0.1) is 35.8 Å². The molecule has 3 heterocycles. The van der Waals surface area contributed by atoms with Crippen molar-refractivity contribution < 1.29 is 24.2 Å². The van der Waals surface area contributed by atoms with Crippen molar-refractivity contribution in [3.8, 4) is 5.75 Å².